The average Bonchev–Trinajstić information content (AvgIpc) is 3.14. The van der Waals surface area contributed by atoms with Crippen molar-refractivity contribution in [3.8, 4) is 0 Å². The Morgan fingerprint density at radius 1 is 1.18 bits per heavy atom. The first-order valence-electron chi connectivity index (χ1n) is 8.13. The fourth-order valence-corrected chi connectivity index (χ4v) is 3.72. The molecule has 0 saturated carbocycles. The number of aromatic nitrogens is 2. The fraction of sp³-hybridized carbons (Fsp3) is 0.444. The van der Waals surface area contributed by atoms with Gasteiger partial charge in [-0.3, -0.25) is 14.4 Å². The summed E-state index contributed by atoms with van der Waals surface area (Å²) < 4.78 is 2.20. The number of rotatable bonds is 3. The fourth-order valence-electron chi connectivity index (χ4n) is 3.72. The lowest BCUT2D eigenvalue weighted by Crippen LogP contribution is -2.23. The van der Waals surface area contributed by atoms with Crippen LogP contribution in [0.25, 0.3) is 0 Å². The Hall–Kier alpha value is -1.94. The Bertz CT molecular complexity index is 677. The van der Waals surface area contributed by atoms with Crippen molar-refractivity contribution < 1.29 is 4.79 Å². The van der Waals surface area contributed by atoms with Gasteiger partial charge in [0.2, 0.25) is 0 Å². The van der Waals surface area contributed by atoms with Gasteiger partial charge in [0.25, 0.3) is 0 Å². The summed E-state index contributed by atoms with van der Waals surface area (Å²) >= 11 is 0. The highest BCUT2D eigenvalue weighted by Gasteiger charge is 2.28. The molecule has 2 heterocycles. The monoisotopic (exact) mass is 295 g/mol. The first-order chi connectivity index (χ1) is 10.8. The minimum absolute atomic E-state index is 0.351. The number of Topliss-reactive ketones (excluding diaryl/α,β-unsaturated/α-hetero) is 1. The van der Waals surface area contributed by atoms with Crippen LogP contribution in [0.15, 0.2) is 36.5 Å². The van der Waals surface area contributed by atoms with Gasteiger partial charge in [-0.15, -0.1) is 0 Å². The SMILES string of the molecule is O=C1CCc2c(cnn2C2CCN(Cc3ccccc3)C2)C1. The molecule has 2 aromatic rings. The Labute approximate surface area is 130 Å². The zero-order valence-corrected chi connectivity index (χ0v) is 12.7. The summed E-state index contributed by atoms with van der Waals surface area (Å²) in [6.45, 7) is 3.18. The van der Waals surface area contributed by atoms with Crippen molar-refractivity contribution in [3.05, 3.63) is 53.3 Å². The van der Waals surface area contributed by atoms with Gasteiger partial charge in [0.1, 0.15) is 5.78 Å². The van der Waals surface area contributed by atoms with Gasteiger partial charge in [-0.25, -0.2) is 0 Å². The van der Waals surface area contributed by atoms with E-state index in [1.807, 2.05) is 6.20 Å². The summed E-state index contributed by atoms with van der Waals surface area (Å²) in [5.74, 6) is 0.351. The number of likely N-dealkylation sites (tertiary alicyclic amines) is 1. The van der Waals surface area contributed by atoms with E-state index in [4.69, 9.17) is 0 Å². The number of benzene rings is 1. The van der Waals surface area contributed by atoms with Crippen molar-refractivity contribution in [1.29, 1.82) is 0 Å². The third-order valence-corrected chi connectivity index (χ3v) is 4.86. The molecule has 1 unspecified atom stereocenters. The van der Waals surface area contributed by atoms with Crippen LogP contribution in [-0.4, -0.2) is 33.6 Å². The number of hydrogen-bond acceptors (Lipinski definition) is 3. The summed E-state index contributed by atoms with van der Waals surface area (Å²) in [7, 11) is 0. The molecule has 22 heavy (non-hydrogen) atoms. The maximum atomic E-state index is 11.6. The van der Waals surface area contributed by atoms with Crippen LogP contribution in [0.2, 0.25) is 0 Å². The molecule has 1 aromatic heterocycles. The quantitative estimate of drug-likeness (QED) is 0.872. The lowest BCUT2D eigenvalue weighted by atomic mass is 9.97. The number of nitrogens with zero attached hydrogens (tertiary/aromatic N) is 3. The normalized spacial score (nSPS) is 22.0. The second-order valence-corrected chi connectivity index (χ2v) is 6.44. The van der Waals surface area contributed by atoms with Gasteiger partial charge in [-0.05, 0) is 18.4 Å². The Kier molecular flexibility index (Phi) is 3.54. The van der Waals surface area contributed by atoms with Gasteiger partial charge >= 0.3 is 0 Å². The Balaban J connectivity index is 1.46. The molecule has 0 N–H and O–H groups in total. The highest BCUT2D eigenvalue weighted by atomic mass is 16.1. The van der Waals surface area contributed by atoms with E-state index >= 15 is 0 Å². The van der Waals surface area contributed by atoms with Crippen LogP contribution < -0.4 is 0 Å². The molecule has 0 amide bonds. The highest BCUT2D eigenvalue weighted by Crippen LogP contribution is 2.28. The molecule has 2 aliphatic rings. The van der Waals surface area contributed by atoms with Crippen LogP contribution in [0, 0.1) is 0 Å². The molecule has 1 aliphatic carbocycles. The maximum absolute atomic E-state index is 11.6. The molecular formula is C18H21N3O. The van der Waals surface area contributed by atoms with Crippen molar-refractivity contribution in [2.24, 2.45) is 0 Å². The van der Waals surface area contributed by atoms with Gasteiger partial charge in [0.05, 0.1) is 12.2 Å². The molecule has 1 saturated heterocycles. The first kappa shape index (κ1) is 13.7. The molecule has 1 atom stereocenters. The van der Waals surface area contributed by atoms with Gasteiger partial charge in [0.15, 0.2) is 0 Å². The van der Waals surface area contributed by atoms with Crippen LogP contribution in [0.3, 0.4) is 0 Å². The van der Waals surface area contributed by atoms with E-state index in [1.165, 1.54) is 11.3 Å². The zero-order valence-electron chi connectivity index (χ0n) is 12.7. The molecule has 4 rings (SSSR count). The van der Waals surface area contributed by atoms with E-state index in [9.17, 15) is 4.79 Å². The summed E-state index contributed by atoms with van der Waals surface area (Å²) in [5, 5.41) is 4.59. The number of ketones is 1. The zero-order chi connectivity index (χ0) is 14.9. The minimum atomic E-state index is 0.351. The molecule has 0 bridgehead atoms. The van der Waals surface area contributed by atoms with Gasteiger partial charge in [-0.2, -0.15) is 5.10 Å². The van der Waals surface area contributed by atoms with Crippen molar-refractivity contribution in [2.45, 2.75) is 38.3 Å². The average molecular weight is 295 g/mol. The molecule has 0 spiro atoms. The lowest BCUT2D eigenvalue weighted by molar-refractivity contribution is -0.118. The van der Waals surface area contributed by atoms with Crippen LogP contribution in [0.5, 0.6) is 0 Å². The smallest absolute Gasteiger partial charge is 0.137 e. The van der Waals surface area contributed by atoms with Crippen LogP contribution in [0.1, 0.15) is 35.7 Å². The summed E-state index contributed by atoms with van der Waals surface area (Å²) in [6.07, 6.45) is 5.18. The molecule has 1 aliphatic heterocycles. The Morgan fingerprint density at radius 3 is 2.91 bits per heavy atom. The number of carbonyl (C=O) groups excluding carboxylic acids is 1. The van der Waals surface area contributed by atoms with Gasteiger partial charge in [0, 0.05) is 43.7 Å². The predicted molar refractivity (Wildman–Crippen MR) is 84.6 cm³/mol. The molecular weight excluding hydrogens is 274 g/mol. The third-order valence-electron chi connectivity index (χ3n) is 4.86. The molecule has 1 fully saturated rings. The Morgan fingerprint density at radius 2 is 2.05 bits per heavy atom. The molecule has 0 radical (unpaired) electrons. The molecule has 114 valence electrons. The lowest BCUT2D eigenvalue weighted by Gasteiger charge is -2.19. The van der Waals surface area contributed by atoms with Crippen molar-refractivity contribution >= 4 is 5.78 Å². The van der Waals surface area contributed by atoms with E-state index in [2.05, 4.69) is 45.0 Å². The van der Waals surface area contributed by atoms with Crippen molar-refractivity contribution in [2.75, 3.05) is 13.1 Å². The van der Waals surface area contributed by atoms with E-state index in [1.54, 1.807) is 0 Å². The number of carbonyl (C=O) groups is 1. The second-order valence-electron chi connectivity index (χ2n) is 6.44. The largest absolute Gasteiger partial charge is 0.299 e. The van der Waals surface area contributed by atoms with Crippen molar-refractivity contribution in [1.82, 2.24) is 14.7 Å². The van der Waals surface area contributed by atoms with E-state index < -0.39 is 0 Å². The summed E-state index contributed by atoms with van der Waals surface area (Å²) in [4.78, 5) is 14.1. The number of fused-ring (bicyclic) bond motifs is 1. The van der Waals surface area contributed by atoms with Crippen LogP contribution >= 0.6 is 0 Å². The van der Waals surface area contributed by atoms with Crippen LogP contribution in [0.4, 0.5) is 0 Å². The first-order valence-corrected chi connectivity index (χ1v) is 8.13. The molecule has 4 nitrogen and oxygen atoms in total. The standard InChI is InChI=1S/C18H21N3O/c22-17-6-7-18-15(10-17)11-19-21(18)16-8-9-20(13-16)12-14-4-2-1-3-5-14/h1-5,11,16H,6-10,12-13H2. The van der Waals surface area contributed by atoms with E-state index in [0.29, 0.717) is 24.7 Å². The molecule has 4 heteroatoms. The third kappa shape index (κ3) is 2.59. The minimum Gasteiger partial charge on any atom is -0.299 e. The number of hydrogen-bond donors (Lipinski definition) is 0. The topological polar surface area (TPSA) is 38.1 Å². The van der Waals surface area contributed by atoms with E-state index in [-0.39, 0.29) is 0 Å². The maximum Gasteiger partial charge on any atom is 0.137 e. The van der Waals surface area contributed by atoms with Gasteiger partial charge < -0.3 is 0 Å². The van der Waals surface area contributed by atoms with Gasteiger partial charge in [-0.1, -0.05) is 30.3 Å². The van der Waals surface area contributed by atoms with Crippen LogP contribution in [-0.2, 0) is 24.2 Å². The summed E-state index contributed by atoms with van der Waals surface area (Å²) in [6, 6.07) is 11.1. The summed E-state index contributed by atoms with van der Waals surface area (Å²) in [5.41, 5.74) is 3.82. The predicted octanol–water partition coefficient (Wildman–Crippen LogP) is 2.39. The second kappa shape index (κ2) is 5.69. The van der Waals surface area contributed by atoms with Crippen molar-refractivity contribution in [3.63, 3.8) is 0 Å². The van der Waals surface area contributed by atoms with E-state index in [0.717, 1.165) is 38.0 Å². The highest BCUT2D eigenvalue weighted by molar-refractivity contribution is 5.82. The molecule has 1 aromatic carbocycles.